The molecule has 0 spiro atoms. The summed E-state index contributed by atoms with van der Waals surface area (Å²) < 4.78 is 0. The highest BCUT2D eigenvalue weighted by molar-refractivity contribution is 5.95. The van der Waals surface area contributed by atoms with Crippen LogP contribution < -0.4 is 0 Å². The van der Waals surface area contributed by atoms with Crippen molar-refractivity contribution in [2.45, 2.75) is 18.9 Å². The number of hydrogen-bond donors (Lipinski definition) is 0. The fraction of sp³-hybridized carbons (Fsp3) is 0.273. The number of carbonyl (C=O) groups is 1. The summed E-state index contributed by atoms with van der Waals surface area (Å²) in [6, 6.07) is 9.68. The third-order valence-corrected chi connectivity index (χ3v) is 2.20. The summed E-state index contributed by atoms with van der Waals surface area (Å²) in [6.07, 6.45) is 3.82. The molecule has 0 bridgehead atoms. The van der Waals surface area contributed by atoms with E-state index in [-0.39, 0.29) is 11.9 Å². The van der Waals surface area contributed by atoms with Crippen LogP contribution >= 0.6 is 0 Å². The number of rotatable bonds is 2. The highest BCUT2D eigenvalue weighted by Crippen LogP contribution is 2.27. The zero-order valence-electron chi connectivity index (χ0n) is 7.60. The largest absolute Gasteiger partial charge is 0.268 e. The van der Waals surface area contributed by atoms with Gasteiger partial charge in [0.1, 0.15) is 0 Å². The van der Waals surface area contributed by atoms with Crippen LogP contribution in [0.4, 0.5) is 0 Å². The van der Waals surface area contributed by atoms with Gasteiger partial charge in [-0.05, 0) is 31.0 Å². The molecular formula is C11H9N2O. The number of benzene rings is 1. The normalized spacial score (nSPS) is 14.5. The quantitative estimate of drug-likeness (QED) is 0.518. The molecule has 1 amide bonds. The summed E-state index contributed by atoms with van der Waals surface area (Å²) in [5.74, 6) is -0.205. The summed E-state index contributed by atoms with van der Waals surface area (Å²) in [7, 11) is 0. The molecule has 1 radical (unpaired) electrons. The summed E-state index contributed by atoms with van der Waals surface area (Å²) in [5, 5.41) is 8.82. The van der Waals surface area contributed by atoms with Crippen molar-refractivity contribution in [3.8, 4) is 6.19 Å². The second-order valence-corrected chi connectivity index (χ2v) is 3.30. The number of nitrogens with zero attached hydrogens (tertiary/aromatic N) is 2. The van der Waals surface area contributed by atoms with Gasteiger partial charge in [-0.3, -0.25) is 4.79 Å². The molecule has 1 fully saturated rings. The zero-order chi connectivity index (χ0) is 9.97. The maximum atomic E-state index is 11.7. The van der Waals surface area contributed by atoms with Gasteiger partial charge in [0.15, 0.2) is 6.19 Å². The van der Waals surface area contributed by atoms with E-state index in [9.17, 15) is 4.79 Å². The Labute approximate surface area is 82.6 Å². The van der Waals surface area contributed by atoms with Gasteiger partial charge in [0, 0.05) is 11.6 Å². The van der Waals surface area contributed by atoms with Crippen molar-refractivity contribution in [2.75, 3.05) is 0 Å². The van der Waals surface area contributed by atoms with E-state index in [1.165, 1.54) is 4.90 Å². The van der Waals surface area contributed by atoms with Crippen molar-refractivity contribution in [1.82, 2.24) is 4.90 Å². The van der Waals surface area contributed by atoms with Crippen molar-refractivity contribution in [1.29, 1.82) is 5.26 Å². The lowest BCUT2D eigenvalue weighted by Gasteiger charge is -2.11. The van der Waals surface area contributed by atoms with Crippen LogP contribution in [0.3, 0.4) is 0 Å². The first kappa shape index (κ1) is 8.76. The molecule has 1 aliphatic rings. The molecule has 0 unspecified atom stereocenters. The summed E-state index contributed by atoms with van der Waals surface area (Å²) in [6.45, 7) is 0. The fourth-order valence-electron chi connectivity index (χ4n) is 1.29. The fourth-order valence-corrected chi connectivity index (χ4v) is 1.29. The maximum Gasteiger partial charge on any atom is 0.267 e. The SMILES string of the molecule is N#CN(C(=O)c1cc[c]cc1)C1CC1. The van der Waals surface area contributed by atoms with Crippen molar-refractivity contribution in [3.63, 3.8) is 0 Å². The lowest BCUT2D eigenvalue weighted by atomic mass is 10.2. The first-order chi connectivity index (χ1) is 6.83. The van der Waals surface area contributed by atoms with Gasteiger partial charge in [0.2, 0.25) is 0 Å². The Morgan fingerprint density at radius 3 is 2.64 bits per heavy atom. The predicted molar refractivity (Wildman–Crippen MR) is 50.1 cm³/mol. The van der Waals surface area contributed by atoms with E-state index in [2.05, 4.69) is 6.07 Å². The van der Waals surface area contributed by atoms with Gasteiger partial charge in [-0.15, -0.1) is 0 Å². The highest BCUT2D eigenvalue weighted by atomic mass is 16.2. The van der Waals surface area contributed by atoms with E-state index >= 15 is 0 Å². The van der Waals surface area contributed by atoms with Crippen LogP contribution in [0.1, 0.15) is 23.2 Å². The van der Waals surface area contributed by atoms with Crippen LogP contribution in [0.15, 0.2) is 24.3 Å². The van der Waals surface area contributed by atoms with Crippen LogP contribution in [0.5, 0.6) is 0 Å². The highest BCUT2D eigenvalue weighted by Gasteiger charge is 2.33. The second-order valence-electron chi connectivity index (χ2n) is 3.30. The first-order valence-electron chi connectivity index (χ1n) is 4.52. The minimum atomic E-state index is -0.205. The molecule has 69 valence electrons. The molecule has 3 nitrogen and oxygen atoms in total. The van der Waals surface area contributed by atoms with Crippen molar-refractivity contribution < 1.29 is 4.79 Å². The van der Waals surface area contributed by atoms with Gasteiger partial charge in [0.05, 0.1) is 0 Å². The van der Waals surface area contributed by atoms with E-state index < -0.39 is 0 Å². The van der Waals surface area contributed by atoms with Crippen LogP contribution in [0, 0.1) is 17.5 Å². The number of nitriles is 1. The molecule has 14 heavy (non-hydrogen) atoms. The van der Waals surface area contributed by atoms with Gasteiger partial charge >= 0.3 is 0 Å². The van der Waals surface area contributed by atoms with E-state index in [4.69, 9.17) is 5.26 Å². The van der Waals surface area contributed by atoms with E-state index in [0.717, 1.165) is 12.8 Å². The van der Waals surface area contributed by atoms with E-state index in [1.807, 2.05) is 6.19 Å². The summed E-state index contributed by atoms with van der Waals surface area (Å²) in [4.78, 5) is 13.0. The van der Waals surface area contributed by atoms with Crippen molar-refractivity contribution in [2.24, 2.45) is 0 Å². The molecule has 0 aromatic heterocycles. The number of amides is 1. The molecule has 1 aliphatic carbocycles. The Morgan fingerprint density at radius 2 is 2.14 bits per heavy atom. The molecule has 3 heteroatoms. The maximum absolute atomic E-state index is 11.7. The summed E-state index contributed by atoms with van der Waals surface area (Å²) in [5.41, 5.74) is 0.553. The molecule has 0 aliphatic heterocycles. The van der Waals surface area contributed by atoms with Crippen LogP contribution in [0.2, 0.25) is 0 Å². The average molecular weight is 185 g/mol. The molecule has 1 aromatic rings. The Hall–Kier alpha value is -1.82. The molecule has 1 aromatic carbocycles. The van der Waals surface area contributed by atoms with Crippen molar-refractivity contribution in [3.05, 3.63) is 35.9 Å². The third-order valence-electron chi connectivity index (χ3n) is 2.20. The Morgan fingerprint density at radius 1 is 1.50 bits per heavy atom. The van der Waals surface area contributed by atoms with Gasteiger partial charge in [0.25, 0.3) is 5.91 Å². The topological polar surface area (TPSA) is 44.1 Å². The Bertz CT molecular complexity index is 376. The molecule has 1 saturated carbocycles. The monoisotopic (exact) mass is 185 g/mol. The second kappa shape index (κ2) is 3.51. The molecule has 0 heterocycles. The molecule has 0 atom stereocenters. The minimum absolute atomic E-state index is 0.136. The van der Waals surface area contributed by atoms with Gasteiger partial charge < -0.3 is 0 Å². The number of hydrogen-bond acceptors (Lipinski definition) is 2. The molecule has 0 saturated heterocycles. The lowest BCUT2D eigenvalue weighted by molar-refractivity contribution is 0.0824. The smallest absolute Gasteiger partial charge is 0.267 e. The Balaban J connectivity index is 2.19. The van der Waals surface area contributed by atoms with Gasteiger partial charge in [-0.25, -0.2) is 4.90 Å². The predicted octanol–water partition coefficient (Wildman–Crippen LogP) is 1.57. The average Bonchev–Trinajstić information content (AvgIpc) is 3.04. The van der Waals surface area contributed by atoms with Crippen LogP contribution in [-0.4, -0.2) is 16.8 Å². The van der Waals surface area contributed by atoms with Crippen LogP contribution in [-0.2, 0) is 0 Å². The van der Waals surface area contributed by atoms with Crippen molar-refractivity contribution >= 4 is 5.91 Å². The van der Waals surface area contributed by atoms with Gasteiger partial charge in [-0.1, -0.05) is 12.1 Å². The van der Waals surface area contributed by atoms with E-state index in [1.54, 1.807) is 24.3 Å². The Kier molecular flexibility index (Phi) is 2.19. The molecule has 0 N–H and O–H groups in total. The first-order valence-corrected chi connectivity index (χ1v) is 4.52. The molecule has 2 rings (SSSR count). The van der Waals surface area contributed by atoms with Gasteiger partial charge in [-0.2, -0.15) is 5.26 Å². The van der Waals surface area contributed by atoms with Crippen LogP contribution in [0.25, 0.3) is 0 Å². The minimum Gasteiger partial charge on any atom is -0.268 e. The third kappa shape index (κ3) is 1.60. The van der Waals surface area contributed by atoms with E-state index in [0.29, 0.717) is 5.56 Å². The summed E-state index contributed by atoms with van der Waals surface area (Å²) >= 11 is 0. The lowest BCUT2D eigenvalue weighted by Crippen LogP contribution is -2.28. The number of carbonyl (C=O) groups excluding carboxylic acids is 1. The standard InChI is InChI=1S/C11H9N2O/c12-8-13(10-6-7-10)11(14)9-4-2-1-3-5-9/h2-5,10H,6-7H2. The zero-order valence-corrected chi connectivity index (χ0v) is 7.60. The molecular weight excluding hydrogens is 176 g/mol.